The van der Waals surface area contributed by atoms with Crippen molar-refractivity contribution in [2.45, 2.75) is 0 Å². The lowest BCUT2D eigenvalue weighted by molar-refractivity contribution is 0.483. The van der Waals surface area contributed by atoms with E-state index < -0.39 is 0 Å². The molecule has 0 aliphatic heterocycles. The average molecular weight is 388 g/mol. The van der Waals surface area contributed by atoms with Gasteiger partial charge >= 0.3 is 0 Å². The summed E-state index contributed by atoms with van der Waals surface area (Å²) in [6, 6.07) is 29.7. The second kappa shape index (κ2) is 7.53. The summed E-state index contributed by atoms with van der Waals surface area (Å²) < 4.78 is 7.64. The van der Waals surface area contributed by atoms with Crippen LogP contribution in [0.1, 0.15) is 5.56 Å². The maximum atomic E-state index is 9.37. The first-order valence-corrected chi connectivity index (χ1v) is 9.49. The number of nitrogens with zero attached hydrogens (tertiary/aromatic N) is 4. The predicted molar refractivity (Wildman–Crippen MR) is 115 cm³/mol. The van der Waals surface area contributed by atoms with E-state index in [4.69, 9.17) is 4.74 Å². The molecule has 0 saturated carbocycles. The van der Waals surface area contributed by atoms with Crippen LogP contribution < -0.4 is 4.74 Å². The van der Waals surface area contributed by atoms with Crippen molar-refractivity contribution in [3.8, 4) is 40.0 Å². The molecule has 2 heterocycles. The summed E-state index contributed by atoms with van der Waals surface area (Å²) in [4.78, 5) is 4.51. The number of hydrogen-bond acceptors (Lipinski definition) is 4. The smallest absolute Gasteiger partial charge is 0.173 e. The van der Waals surface area contributed by atoms with Gasteiger partial charge in [0.05, 0.1) is 11.9 Å². The summed E-state index contributed by atoms with van der Waals surface area (Å²) in [6.45, 7) is 0. The number of hydrogen-bond donors (Lipinski definition) is 0. The molecule has 0 N–H and O–H groups in total. The Balaban J connectivity index is 1.61. The van der Waals surface area contributed by atoms with Crippen LogP contribution in [-0.2, 0) is 0 Å². The van der Waals surface area contributed by atoms with Gasteiger partial charge in [-0.15, -0.1) is 0 Å². The first-order chi connectivity index (χ1) is 14.8. The van der Waals surface area contributed by atoms with E-state index in [1.54, 1.807) is 16.9 Å². The molecule has 0 unspecified atom stereocenters. The largest absolute Gasteiger partial charge is 0.457 e. The maximum Gasteiger partial charge on any atom is 0.173 e. The number of nitriles is 1. The summed E-state index contributed by atoms with van der Waals surface area (Å²) >= 11 is 0. The van der Waals surface area contributed by atoms with E-state index in [1.807, 2.05) is 84.9 Å². The van der Waals surface area contributed by atoms with Crippen molar-refractivity contribution in [1.82, 2.24) is 14.6 Å². The zero-order chi connectivity index (χ0) is 20.3. The highest BCUT2D eigenvalue weighted by atomic mass is 16.5. The van der Waals surface area contributed by atoms with Gasteiger partial charge in [0.25, 0.3) is 0 Å². The first kappa shape index (κ1) is 17.7. The van der Waals surface area contributed by atoms with E-state index in [-0.39, 0.29) is 0 Å². The third kappa shape index (κ3) is 3.17. The van der Waals surface area contributed by atoms with Crippen LogP contribution in [-0.4, -0.2) is 14.6 Å². The quantitative estimate of drug-likeness (QED) is 0.395. The molecule has 5 heteroatoms. The molecule has 0 saturated heterocycles. The fraction of sp³-hybridized carbons (Fsp3) is 0. The minimum Gasteiger partial charge on any atom is -0.457 e. The monoisotopic (exact) mass is 388 g/mol. The number of aromatic nitrogens is 3. The standard InChI is InChI=1S/C25H16N4O/c26-15-20-16-28-29-24(19-7-3-1-4-8-19)23(17-27-25(20)29)18-11-13-22(14-12-18)30-21-9-5-2-6-10-21/h1-14,16-17H. The molecule has 0 spiro atoms. The van der Waals surface area contributed by atoms with Crippen LogP contribution in [0.5, 0.6) is 11.5 Å². The number of fused-ring (bicyclic) bond motifs is 1. The SMILES string of the molecule is N#Cc1cnn2c(-c3ccccc3)c(-c3ccc(Oc4ccccc4)cc3)cnc12. The molecule has 0 aliphatic rings. The molecule has 142 valence electrons. The molecule has 0 atom stereocenters. The van der Waals surface area contributed by atoms with Crippen molar-refractivity contribution in [3.63, 3.8) is 0 Å². The molecule has 0 amide bonds. The number of benzene rings is 3. The van der Waals surface area contributed by atoms with Crippen molar-refractivity contribution in [1.29, 1.82) is 5.26 Å². The fourth-order valence-electron chi connectivity index (χ4n) is 3.42. The van der Waals surface area contributed by atoms with Gasteiger partial charge in [-0.3, -0.25) is 0 Å². The van der Waals surface area contributed by atoms with E-state index in [2.05, 4.69) is 16.2 Å². The Kier molecular flexibility index (Phi) is 4.43. The lowest BCUT2D eigenvalue weighted by Gasteiger charge is -2.13. The van der Waals surface area contributed by atoms with Crippen LogP contribution in [0.3, 0.4) is 0 Å². The van der Waals surface area contributed by atoms with Gasteiger partial charge in [0, 0.05) is 17.3 Å². The van der Waals surface area contributed by atoms with Crippen LogP contribution >= 0.6 is 0 Å². The molecule has 3 aromatic carbocycles. The average Bonchev–Trinajstić information content (AvgIpc) is 3.23. The van der Waals surface area contributed by atoms with E-state index in [9.17, 15) is 5.26 Å². The molecule has 0 radical (unpaired) electrons. The Morgan fingerprint density at radius 3 is 2.10 bits per heavy atom. The minimum absolute atomic E-state index is 0.449. The summed E-state index contributed by atoms with van der Waals surface area (Å²) in [6.07, 6.45) is 3.35. The Morgan fingerprint density at radius 2 is 1.40 bits per heavy atom. The lowest BCUT2D eigenvalue weighted by atomic mass is 10.0. The minimum atomic E-state index is 0.449. The molecular weight excluding hydrogens is 372 g/mol. The second-order valence-electron chi connectivity index (χ2n) is 6.73. The van der Waals surface area contributed by atoms with Crippen molar-refractivity contribution in [3.05, 3.63) is 103 Å². The van der Waals surface area contributed by atoms with E-state index in [0.29, 0.717) is 11.2 Å². The van der Waals surface area contributed by atoms with Crippen LogP contribution in [0.4, 0.5) is 0 Å². The molecule has 5 rings (SSSR count). The summed E-state index contributed by atoms with van der Waals surface area (Å²) in [5, 5.41) is 13.8. The lowest BCUT2D eigenvalue weighted by Crippen LogP contribution is -2.00. The van der Waals surface area contributed by atoms with Crippen LogP contribution in [0, 0.1) is 11.3 Å². The highest BCUT2D eigenvalue weighted by molar-refractivity contribution is 5.82. The topological polar surface area (TPSA) is 63.2 Å². The zero-order valence-electron chi connectivity index (χ0n) is 15.9. The zero-order valence-corrected chi connectivity index (χ0v) is 15.9. The third-order valence-electron chi connectivity index (χ3n) is 4.84. The maximum absolute atomic E-state index is 9.37. The van der Waals surface area contributed by atoms with E-state index >= 15 is 0 Å². The second-order valence-corrected chi connectivity index (χ2v) is 6.73. The van der Waals surface area contributed by atoms with Gasteiger partial charge in [-0.2, -0.15) is 10.4 Å². The Hall–Kier alpha value is -4.43. The van der Waals surface area contributed by atoms with Gasteiger partial charge in [0.15, 0.2) is 5.65 Å². The first-order valence-electron chi connectivity index (χ1n) is 9.49. The predicted octanol–water partition coefficient (Wildman–Crippen LogP) is 5.73. The Morgan fingerprint density at radius 1 is 0.733 bits per heavy atom. The van der Waals surface area contributed by atoms with Gasteiger partial charge in [-0.25, -0.2) is 9.50 Å². The van der Waals surface area contributed by atoms with Crippen molar-refractivity contribution in [2.75, 3.05) is 0 Å². The number of para-hydroxylation sites is 1. The third-order valence-corrected chi connectivity index (χ3v) is 4.84. The van der Waals surface area contributed by atoms with E-state index in [1.165, 1.54) is 0 Å². The summed E-state index contributed by atoms with van der Waals surface area (Å²) in [5.74, 6) is 1.55. The van der Waals surface area contributed by atoms with Gasteiger partial charge in [0.1, 0.15) is 23.1 Å². The van der Waals surface area contributed by atoms with Crippen LogP contribution in [0.15, 0.2) is 97.3 Å². The normalized spacial score (nSPS) is 10.6. The number of ether oxygens (including phenoxy) is 1. The van der Waals surface area contributed by atoms with Crippen molar-refractivity contribution >= 4 is 5.65 Å². The summed E-state index contributed by atoms with van der Waals surface area (Å²) in [5.41, 5.74) is 4.79. The van der Waals surface area contributed by atoms with Crippen LogP contribution in [0.25, 0.3) is 28.0 Å². The highest BCUT2D eigenvalue weighted by Crippen LogP contribution is 2.33. The highest BCUT2D eigenvalue weighted by Gasteiger charge is 2.16. The van der Waals surface area contributed by atoms with Crippen LogP contribution in [0.2, 0.25) is 0 Å². The van der Waals surface area contributed by atoms with Crippen molar-refractivity contribution < 1.29 is 4.74 Å². The molecule has 5 aromatic rings. The Labute approximate surface area is 173 Å². The molecule has 30 heavy (non-hydrogen) atoms. The molecule has 5 nitrogen and oxygen atoms in total. The van der Waals surface area contributed by atoms with Gasteiger partial charge < -0.3 is 4.74 Å². The summed E-state index contributed by atoms with van der Waals surface area (Å²) in [7, 11) is 0. The molecular formula is C25H16N4O. The molecule has 0 aliphatic carbocycles. The van der Waals surface area contributed by atoms with Crippen molar-refractivity contribution in [2.24, 2.45) is 0 Å². The van der Waals surface area contributed by atoms with Gasteiger partial charge in [-0.1, -0.05) is 60.7 Å². The van der Waals surface area contributed by atoms with Gasteiger partial charge in [-0.05, 0) is 29.8 Å². The van der Waals surface area contributed by atoms with E-state index in [0.717, 1.165) is 33.9 Å². The fourth-order valence-corrected chi connectivity index (χ4v) is 3.42. The molecule has 0 bridgehead atoms. The van der Waals surface area contributed by atoms with Gasteiger partial charge in [0.2, 0.25) is 0 Å². The molecule has 2 aromatic heterocycles. The Bertz CT molecular complexity index is 1350. The number of rotatable bonds is 4. The molecule has 0 fully saturated rings.